The van der Waals surface area contributed by atoms with E-state index in [4.69, 9.17) is 4.42 Å². The van der Waals surface area contributed by atoms with Crippen LogP contribution in [0.1, 0.15) is 0 Å². The highest BCUT2D eigenvalue weighted by atomic mass is 79.9. The molecule has 0 bridgehead atoms. The van der Waals surface area contributed by atoms with Crippen molar-refractivity contribution in [3.8, 4) is 0 Å². The fourth-order valence-corrected chi connectivity index (χ4v) is 4.99. The zero-order chi connectivity index (χ0) is 13.0. The van der Waals surface area contributed by atoms with Gasteiger partial charge in [-0.1, -0.05) is 15.9 Å². The molecule has 0 radical (unpaired) electrons. The second kappa shape index (κ2) is 4.88. The number of hydrogen-bond donors (Lipinski definition) is 0. The van der Waals surface area contributed by atoms with Gasteiger partial charge in [-0.15, -0.1) is 0 Å². The predicted molar refractivity (Wildman–Crippen MR) is 92.2 cm³/mol. The summed E-state index contributed by atoms with van der Waals surface area (Å²) in [6.45, 7) is 0. The highest BCUT2D eigenvalue weighted by molar-refractivity contribution is 9.13. The van der Waals surface area contributed by atoms with Gasteiger partial charge < -0.3 is 4.42 Å². The van der Waals surface area contributed by atoms with Crippen LogP contribution in [0.4, 0.5) is 0 Å². The second-order valence-corrected chi connectivity index (χ2v) is 7.99. The molecule has 0 aliphatic heterocycles. The van der Waals surface area contributed by atoms with Crippen LogP contribution in [0, 0.1) is 0 Å². The number of rotatable bonds is 0. The van der Waals surface area contributed by atoms with Gasteiger partial charge in [0, 0.05) is 28.7 Å². The summed E-state index contributed by atoms with van der Waals surface area (Å²) in [6.07, 6.45) is 0. The Hall–Kier alpha value is 0.640. The van der Waals surface area contributed by atoms with E-state index in [0.29, 0.717) is 0 Å². The normalized spacial score (nSPS) is 11.6. The molecule has 0 saturated heterocycles. The summed E-state index contributed by atoms with van der Waals surface area (Å²) in [6, 6.07) is 5.99. The summed E-state index contributed by atoms with van der Waals surface area (Å²) in [5, 5.41) is 2.12. The first-order valence-corrected chi connectivity index (χ1v) is 8.80. The molecule has 0 spiro atoms. The Bertz CT molecular complexity index is 790. The van der Waals surface area contributed by atoms with E-state index in [2.05, 4.69) is 79.6 Å². The number of benzene rings is 2. The largest absolute Gasteiger partial charge is 0.455 e. The number of hydrogen-bond acceptors (Lipinski definition) is 1. The minimum Gasteiger partial charge on any atom is -0.455 e. The van der Waals surface area contributed by atoms with Gasteiger partial charge in [0.15, 0.2) is 5.58 Å². The summed E-state index contributed by atoms with van der Waals surface area (Å²) < 4.78 is 10.8. The Kier molecular flexibility index (Phi) is 3.69. The van der Waals surface area contributed by atoms with Crippen molar-refractivity contribution in [2.75, 3.05) is 0 Å². The van der Waals surface area contributed by atoms with Crippen LogP contribution in [-0.2, 0) is 0 Å². The van der Waals surface area contributed by atoms with Gasteiger partial charge in [0.1, 0.15) is 5.58 Å². The van der Waals surface area contributed by atoms with E-state index >= 15 is 0 Å². The van der Waals surface area contributed by atoms with Crippen LogP contribution in [0.5, 0.6) is 0 Å². The maximum absolute atomic E-state index is 5.94. The van der Waals surface area contributed by atoms with Crippen molar-refractivity contribution in [2.24, 2.45) is 0 Å². The standard InChI is InChI=1S/C12H3Br5O/c13-4-1-5(14)9-8(2-4)18-12-10(9)6(15)3-7(16)11(12)17/h1-3H. The van der Waals surface area contributed by atoms with Gasteiger partial charge in [-0.3, -0.25) is 0 Å². The monoisotopic (exact) mass is 558 g/mol. The average Bonchev–Trinajstić information content (AvgIpc) is 2.65. The molecule has 0 atom stereocenters. The molecule has 1 aromatic heterocycles. The third-order valence-corrected chi connectivity index (χ3v) is 6.26. The Balaban J connectivity index is 2.64. The minimum absolute atomic E-state index is 0.824. The average molecular weight is 563 g/mol. The number of furan rings is 1. The van der Waals surface area contributed by atoms with Crippen molar-refractivity contribution in [1.82, 2.24) is 0 Å². The van der Waals surface area contributed by atoms with Crippen molar-refractivity contribution >= 4 is 102 Å². The van der Waals surface area contributed by atoms with E-state index in [0.717, 1.165) is 44.3 Å². The summed E-state index contributed by atoms with van der Waals surface area (Å²) in [5.74, 6) is 0. The van der Waals surface area contributed by atoms with Crippen LogP contribution in [0.25, 0.3) is 21.9 Å². The van der Waals surface area contributed by atoms with Crippen molar-refractivity contribution in [1.29, 1.82) is 0 Å². The summed E-state index contributed by atoms with van der Waals surface area (Å²) in [4.78, 5) is 0. The zero-order valence-electron chi connectivity index (χ0n) is 8.53. The van der Waals surface area contributed by atoms with E-state index in [1.807, 2.05) is 18.2 Å². The van der Waals surface area contributed by atoms with Crippen LogP contribution in [0.15, 0.2) is 45.0 Å². The molecule has 0 N–H and O–H groups in total. The van der Waals surface area contributed by atoms with E-state index < -0.39 is 0 Å². The fourth-order valence-electron chi connectivity index (χ4n) is 1.89. The van der Waals surface area contributed by atoms with Crippen LogP contribution in [-0.4, -0.2) is 0 Å². The molecular weight excluding hydrogens is 560 g/mol. The van der Waals surface area contributed by atoms with Gasteiger partial charge in [-0.2, -0.15) is 0 Å². The third kappa shape index (κ3) is 2.04. The van der Waals surface area contributed by atoms with E-state index in [1.165, 1.54) is 0 Å². The topological polar surface area (TPSA) is 13.1 Å². The lowest BCUT2D eigenvalue weighted by Gasteiger charge is -2.00. The van der Waals surface area contributed by atoms with Gasteiger partial charge in [0.2, 0.25) is 0 Å². The summed E-state index contributed by atoms with van der Waals surface area (Å²) >= 11 is 17.7. The van der Waals surface area contributed by atoms with Crippen molar-refractivity contribution in [3.05, 3.63) is 40.6 Å². The molecular formula is C12H3Br5O. The second-order valence-electron chi connectivity index (χ2n) is 3.72. The molecule has 2 aromatic carbocycles. The SMILES string of the molecule is Brc1cc(Br)c2c(c1)oc1c(Br)c(Br)cc(Br)c12. The first-order valence-electron chi connectivity index (χ1n) is 4.84. The van der Waals surface area contributed by atoms with Crippen LogP contribution >= 0.6 is 79.6 Å². The lowest BCUT2D eigenvalue weighted by Crippen LogP contribution is -1.76. The van der Waals surface area contributed by atoms with Crippen molar-refractivity contribution in [2.45, 2.75) is 0 Å². The molecule has 92 valence electrons. The Morgan fingerprint density at radius 3 is 2.11 bits per heavy atom. The summed E-state index contributed by atoms with van der Waals surface area (Å²) in [7, 11) is 0. The highest BCUT2D eigenvalue weighted by Crippen LogP contribution is 2.44. The maximum atomic E-state index is 5.94. The summed E-state index contributed by atoms with van der Waals surface area (Å²) in [5.41, 5.74) is 1.66. The minimum atomic E-state index is 0.824. The molecule has 0 fully saturated rings. The molecule has 0 unspecified atom stereocenters. The molecule has 1 nitrogen and oxygen atoms in total. The molecule has 0 saturated carbocycles. The fraction of sp³-hybridized carbons (Fsp3) is 0. The molecule has 0 aliphatic carbocycles. The highest BCUT2D eigenvalue weighted by Gasteiger charge is 2.17. The van der Waals surface area contributed by atoms with Crippen LogP contribution in [0.2, 0.25) is 0 Å². The van der Waals surface area contributed by atoms with Crippen LogP contribution in [0.3, 0.4) is 0 Å². The molecule has 1 heterocycles. The number of fused-ring (bicyclic) bond motifs is 3. The van der Waals surface area contributed by atoms with Crippen molar-refractivity contribution < 1.29 is 4.42 Å². The Morgan fingerprint density at radius 2 is 1.39 bits per heavy atom. The smallest absolute Gasteiger partial charge is 0.151 e. The Morgan fingerprint density at radius 1 is 0.722 bits per heavy atom. The molecule has 0 amide bonds. The third-order valence-electron chi connectivity index (χ3n) is 2.61. The van der Waals surface area contributed by atoms with Gasteiger partial charge in [-0.25, -0.2) is 0 Å². The van der Waals surface area contributed by atoms with Crippen molar-refractivity contribution in [3.63, 3.8) is 0 Å². The predicted octanol–water partition coefficient (Wildman–Crippen LogP) is 7.40. The molecule has 3 aromatic rings. The molecule has 6 heteroatoms. The van der Waals surface area contributed by atoms with Gasteiger partial charge >= 0.3 is 0 Å². The molecule has 18 heavy (non-hydrogen) atoms. The lowest BCUT2D eigenvalue weighted by atomic mass is 10.1. The van der Waals surface area contributed by atoms with Gasteiger partial charge in [0.05, 0.1) is 4.47 Å². The maximum Gasteiger partial charge on any atom is 0.151 e. The molecule has 0 aliphatic rings. The first kappa shape index (κ1) is 13.6. The Labute approximate surface area is 145 Å². The van der Waals surface area contributed by atoms with E-state index in [9.17, 15) is 0 Å². The van der Waals surface area contributed by atoms with E-state index in [-0.39, 0.29) is 0 Å². The van der Waals surface area contributed by atoms with Gasteiger partial charge in [0.25, 0.3) is 0 Å². The first-order chi connectivity index (χ1) is 8.49. The quantitative estimate of drug-likeness (QED) is 0.260. The van der Waals surface area contributed by atoms with E-state index in [1.54, 1.807) is 0 Å². The number of halogens is 5. The zero-order valence-corrected chi connectivity index (χ0v) is 16.5. The lowest BCUT2D eigenvalue weighted by molar-refractivity contribution is 0.666. The van der Waals surface area contributed by atoms with Crippen LogP contribution < -0.4 is 0 Å². The van der Waals surface area contributed by atoms with Gasteiger partial charge in [-0.05, 0) is 81.9 Å². The molecule has 3 rings (SSSR count).